The highest BCUT2D eigenvalue weighted by Gasteiger charge is 2.23. The molecule has 0 aliphatic carbocycles. The van der Waals surface area contributed by atoms with Crippen molar-refractivity contribution in [3.8, 4) is 0 Å². The fourth-order valence-electron chi connectivity index (χ4n) is 2.09. The molecule has 2 rings (SSSR count). The number of carbonyl (C=O) groups is 1. The van der Waals surface area contributed by atoms with Crippen molar-refractivity contribution in [3.05, 3.63) is 23.8 Å². The maximum Gasteiger partial charge on any atom is 0.291 e. The highest BCUT2D eigenvalue weighted by molar-refractivity contribution is 5.90. The summed E-state index contributed by atoms with van der Waals surface area (Å²) in [6.07, 6.45) is 1.61. The van der Waals surface area contributed by atoms with Gasteiger partial charge in [-0.25, -0.2) is 9.50 Å². The van der Waals surface area contributed by atoms with Crippen LogP contribution in [0.4, 0.5) is 0 Å². The molecule has 1 unspecified atom stereocenters. The predicted octanol–water partition coefficient (Wildman–Crippen LogP) is -0.525. The van der Waals surface area contributed by atoms with Gasteiger partial charge in [-0.3, -0.25) is 4.79 Å². The smallest absolute Gasteiger partial charge is 0.291 e. The van der Waals surface area contributed by atoms with Crippen molar-refractivity contribution in [2.45, 2.75) is 19.4 Å². The third kappa shape index (κ3) is 3.73. The van der Waals surface area contributed by atoms with Gasteiger partial charge in [0.15, 0.2) is 0 Å². The maximum atomic E-state index is 12.1. The lowest BCUT2D eigenvalue weighted by atomic mass is 10.1. The lowest BCUT2D eigenvalue weighted by Gasteiger charge is -2.26. The zero-order chi connectivity index (χ0) is 15.6. The van der Waals surface area contributed by atoms with Crippen LogP contribution < -0.4 is 5.32 Å². The predicted molar refractivity (Wildman–Crippen MR) is 77.0 cm³/mol. The third-order valence-corrected chi connectivity index (χ3v) is 2.92. The van der Waals surface area contributed by atoms with Gasteiger partial charge in [0.25, 0.3) is 11.7 Å². The van der Waals surface area contributed by atoms with E-state index in [9.17, 15) is 9.90 Å². The molecule has 2 aromatic rings. The van der Waals surface area contributed by atoms with Gasteiger partial charge in [-0.2, -0.15) is 4.98 Å². The molecule has 2 aromatic heterocycles. The molecule has 0 radical (unpaired) electrons. The minimum Gasteiger partial charge on any atom is -0.387 e. The molecule has 8 heteroatoms. The third-order valence-electron chi connectivity index (χ3n) is 2.92. The number of carbonyl (C=O) groups excluding carboxylic acids is 1. The van der Waals surface area contributed by atoms with Crippen LogP contribution in [0.25, 0.3) is 5.78 Å². The molecule has 0 aromatic carbocycles. The Bertz CT molecular complexity index is 649. The van der Waals surface area contributed by atoms with Crippen molar-refractivity contribution in [2.24, 2.45) is 0 Å². The average Bonchev–Trinajstić information content (AvgIpc) is 2.80. The second-order valence-corrected chi connectivity index (χ2v) is 5.65. The SMILES string of the molecule is Cc1ccnc2nc(C(=O)NCC(C)(O)CN(C)C)nn12. The molecule has 1 amide bonds. The second kappa shape index (κ2) is 5.74. The first kappa shape index (κ1) is 15.3. The Kier molecular flexibility index (Phi) is 4.19. The summed E-state index contributed by atoms with van der Waals surface area (Å²) in [5.41, 5.74) is -0.182. The topological polar surface area (TPSA) is 95.6 Å². The molecule has 114 valence electrons. The van der Waals surface area contributed by atoms with Crippen LogP contribution in [0.3, 0.4) is 0 Å². The molecule has 2 N–H and O–H groups in total. The van der Waals surface area contributed by atoms with E-state index in [1.165, 1.54) is 4.52 Å². The first-order valence-corrected chi connectivity index (χ1v) is 6.62. The second-order valence-electron chi connectivity index (χ2n) is 5.65. The molecule has 21 heavy (non-hydrogen) atoms. The number of nitrogens with one attached hydrogen (secondary N) is 1. The maximum absolute atomic E-state index is 12.1. The first-order valence-electron chi connectivity index (χ1n) is 6.62. The van der Waals surface area contributed by atoms with Crippen LogP contribution >= 0.6 is 0 Å². The molecule has 0 bridgehead atoms. The van der Waals surface area contributed by atoms with Gasteiger partial charge >= 0.3 is 0 Å². The van der Waals surface area contributed by atoms with Crippen molar-refractivity contribution in [1.29, 1.82) is 0 Å². The number of amides is 1. The van der Waals surface area contributed by atoms with E-state index in [4.69, 9.17) is 0 Å². The van der Waals surface area contributed by atoms with Crippen molar-refractivity contribution >= 4 is 11.7 Å². The van der Waals surface area contributed by atoms with Gasteiger partial charge < -0.3 is 15.3 Å². The van der Waals surface area contributed by atoms with Gasteiger partial charge in [-0.05, 0) is 34.0 Å². The number of likely N-dealkylation sites (N-methyl/N-ethyl adjacent to an activating group) is 1. The Hall–Kier alpha value is -2.06. The molecule has 2 heterocycles. The van der Waals surface area contributed by atoms with E-state index in [1.807, 2.05) is 25.9 Å². The number of aromatic nitrogens is 4. The van der Waals surface area contributed by atoms with Crippen molar-refractivity contribution < 1.29 is 9.90 Å². The van der Waals surface area contributed by atoms with Crippen molar-refractivity contribution in [2.75, 3.05) is 27.2 Å². The number of aliphatic hydroxyl groups is 1. The van der Waals surface area contributed by atoms with Crippen LogP contribution in [-0.2, 0) is 0 Å². The monoisotopic (exact) mass is 292 g/mol. The molecular weight excluding hydrogens is 272 g/mol. The Morgan fingerprint density at radius 3 is 2.86 bits per heavy atom. The summed E-state index contributed by atoms with van der Waals surface area (Å²) in [5.74, 6) is -0.0171. The van der Waals surface area contributed by atoms with Crippen LogP contribution in [0.15, 0.2) is 12.3 Å². The fourth-order valence-corrected chi connectivity index (χ4v) is 2.09. The first-order chi connectivity index (χ1) is 9.78. The lowest BCUT2D eigenvalue weighted by Crippen LogP contribution is -2.47. The number of hydrogen-bond donors (Lipinski definition) is 2. The summed E-state index contributed by atoms with van der Waals surface area (Å²) in [6, 6.07) is 1.78. The number of nitrogens with zero attached hydrogens (tertiary/aromatic N) is 5. The summed E-state index contributed by atoms with van der Waals surface area (Å²) in [7, 11) is 3.71. The number of hydrogen-bond acceptors (Lipinski definition) is 6. The molecule has 0 saturated carbocycles. The van der Waals surface area contributed by atoms with E-state index < -0.39 is 11.5 Å². The van der Waals surface area contributed by atoms with Crippen LogP contribution in [0, 0.1) is 6.92 Å². The molecule has 0 saturated heterocycles. The Labute approximate surface area is 122 Å². The Morgan fingerprint density at radius 1 is 1.52 bits per heavy atom. The van der Waals surface area contributed by atoms with Crippen molar-refractivity contribution in [3.63, 3.8) is 0 Å². The van der Waals surface area contributed by atoms with Gasteiger partial charge in [0.05, 0.1) is 5.60 Å². The molecule has 0 aliphatic heterocycles. The zero-order valence-corrected chi connectivity index (χ0v) is 12.7. The Morgan fingerprint density at radius 2 is 2.24 bits per heavy atom. The summed E-state index contributed by atoms with van der Waals surface area (Å²) in [4.78, 5) is 22.0. The normalized spacial score (nSPS) is 14.4. The summed E-state index contributed by atoms with van der Waals surface area (Å²) in [6.45, 7) is 4.07. The van der Waals surface area contributed by atoms with Crippen LogP contribution in [0.2, 0.25) is 0 Å². The highest BCUT2D eigenvalue weighted by Crippen LogP contribution is 2.04. The lowest BCUT2D eigenvalue weighted by molar-refractivity contribution is 0.0324. The molecule has 0 fully saturated rings. The molecule has 0 spiro atoms. The van der Waals surface area contributed by atoms with Crippen LogP contribution in [-0.4, -0.2) is 68.3 Å². The zero-order valence-electron chi connectivity index (χ0n) is 12.7. The molecule has 0 aliphatic rings. The minimum absolute atomic E-state index is 0.0393. The van der Waals surface area contributed by atoms with E-state index in [1.54, 1.807) is 19.2 Å². The fraction of sp³-hybridized carbons (Fsp3) is 0.538. The number of fused-ring (bicyclic) bond motifs is 1. The van der Waals surface area contributed by atoms with E-state index >= 15 is 0 Å². The van der Waals surface area contributed by atoms with E-state index in [-0.39, 0.29) is 12.4 Å². The number of rotatable bonds is 5. The minimum atomic E-state index is -1.02. The Balaban J connectivity index is 2.07. The highest BCUT2D eigenvalue weighted by atomic mass is 16.3. The summed E-state index contributed by atoms with van der Waals surface area (Å²) >= 11 is 0. The summed E-state index contributed by atoms with van der Waals surface area (Å²) in [5, 5.41) is 16.9. The van der Waals surface area contributed by atoms with E-state index in [2.05, 4.69) is 20.4 Å². The van der Waals surface area contributed by atoms with Gasteiger partial charge in [0, 0.05) is 25.0 Å². The van der Waals surface area contributed by atoms with Gasteiger partial charge in [0.1, 0.15) is 0 Å². The van der Waals surface area contributed by atoms with Gasteiger partial charge in [0.2, 0.25) is 5.82 Å². The van der Waals surface area contributed by atoms with Crippen LogP contribution in [0.5, 0.6) is 0 Å². The largest absolute Gasteiger partial charge is 0.387 e. The van der Waals surface area contributed by atoms with E-state index in [0.29, 0.717) is 12.3 Å². The number of aryl methyl sites for hydroxylation is 1. The quantitative estimate of drug-likeness (QED) is 0.769. The van der Waals surface area contributed by atoms with Crippen LogP contribution in [0.1, 0.15) is 23.2 Å². The molecule has 1 atom stereocenters. The van der Waals surface area contributed by atoms with Crippen molar-refractivity contribution in [1.82, 2.24) is 29.8 Å². The van der Waals surface area contributed by atoms with Gasteiger partial charge in [-0.1, -0.05) is 0 Å². The summed E-state index contributed by atoms with van der Waals surface area (Å²) < 4.78 is 1.51. The molecule has 8 nitrogen and oxygen atoms in total. The standard InChI is InChI=1S/C13H20N6O2/c1-9-5-6-14-12-16-10(17-19(9)12)11(20)15-7-13(2,21)8-18(3)4/h5-6,21H,7-8H2,1-4H3,(H,15,20). The molecular formula is C13H20N6O2. The average molecular weight is 292 g/mol. The van der Waals surface area contributed by atoms with E-state index in [0.717, 1.165) is 5.69 Å². The van der Waals surface area contributed by atoms with Gasteiger partial charge in [-0.15, -0.1) is 5.10 Å².